The fourth-order valence-corrected chi connectivity index (χ4v) is 1.89. The molecule has 2 aromatic carbocycles. The van der Waals surface area contributed by atoms with Gasteiger partial charge in [-0.05, 0) is 47.9 Å². The molecule has 2 nitrogen and oxygen atoms in total. The molecule has 18 heavy (non-hydrogen) atoms. The number of methoxy groups -OCH3 is 1. The van der Waals surface area contributed by atoms with Gasteiger partial charge in [-0.1, -0.05) is 18.2 Å². The molecule has 3 heteroatoms. The maximum absolute atomic E-state index is 13.2. The molecule has 0 saturated heterocycles. The Labute approximate surface area is 105 Å². The van der Waals surface area contributed by atoms with Gasteiger partial charge in [-0.2, -0.15) is 0 Å². The van der Waals surface area contributed by atoms with Crippen LogP contribution in [0.25, 0.3) is 11.1 Å². The number of halogens is 1. The number of hydrogen-bond acceptors (Lipinski definition) is 2. The maximum Gasteiger partial charge on any atom is 0.337 e. The Balaban J connectivity index is 2.45. The first-order valence-electron chi connectivity index (χ1n) is 5.56. The lowest BCUT2D eigenvalue weighted by Gasteiger charge is -2.08. The molecule has 0 aliphatic carbocycles. The minimum Gasteiger partial charge on any atom is -0.465 e. The molecule has 0 aromatic heterocycles. The first-order chi connectivity index (χ1) is 8.61. The highest BCUT2D eigenvalue weighted by atomic mass is 19.1. The number of aryl methyl sites for hydroxylation is 1. The topological polar surface area (TPSA) is 26.3 Å². The lowest BCUT2D eigenvalue weighted by atomic mass is 9.98. The van der Waals surface area contributed by atoms with Crippen LogP contribution >= 0.6 is 0 Å². The second-order valence-corrected chi connectivity index (χ2v) is 4.03. The summed E-state index contributed by atoms with van der Waals surface area (Å²) in [7, 11) is 1.35. The highest BCUT2D eigenvalue weighted by Gasteiger charge is 2.09. The van der Waals surface area contributed by atoms with Gasteiger partial charge < -0.3 is 4.74 Å². The van der Waals surface area contributed by atoms with Gasteiger partial charge in [0.1, 0.15) is 5.82 Å². The van der Waals surface area contributed by atoms with Crippen molar-refractivity contribution in [3.05, 3.63) is 59.4 Å². The van der Waals surface area contributed by atoms with E-state index in [4.69, 9.17) is 0 Å². The summed E-state index contributed by atoms with van der Waals surface area (Å²) in [5.41, 5.74) is 3.10. The molecule has 2 aromatic rings. The smallest absolute Gasteiger partial charge is 0.337 e. The van der Waals surface area contributed by atoms with E-state index in [2.05, 4.69) is 4.74 Å². The molecular formula is C15H13FO2. The molecule has 0 atom stereocenters. The molecule has 0 amide bonds. The van der Waals surface area contributed by atoms with Gasteiger partial charge in [-0.3, -0.25) is 0 Å². The van der Waals surface area contributed by atoms with Crippen LogP contribution in [-0.4, -0.2) is 13.1 Å². The third-order valence-electron chi connectivity index (χ3n) is 2.78. The van der Waals surface area contributed by atoms with Crippen molar-refractivity contribution in [1.82, 2.24) is 0 Å². The Morgan fingerprint density at radius 2 is 1.94 bits per heavy atom. The second-order valence-electron chi connectivity index (χ2n) is 4.03. The van der Waals surface area contributed by atoms with Gasteiger partial charge in [0.15, 0.2) is 0 Å². The van der Waals surface area contributed by atoms with Crippen LogP contribution in [0, 0.1) is 12.7 Å². The van der Waals surface area contributed by atoms with Gasteiger partial charge in [0.25, 0.3) is 0 Å². The Bertz CT molecular complexity index is 591. The molecule has 0 spiro atoms. The molecule has 0 N–H and O–H groups in total. The molecule has 0 fully saturated rings. The number of carbonyl (C=O) groups is 1. The summed E-state index contributed by atoms with van der Waals surface area (Å²) in [6, 6.07) is 11.6. The second kappa shape index (κ2) is 5.00. The van der Waals surface area contributed by atoms with Gasteiger partial charge in [0.2, 0.25) is 0 Å². The lowest BCUT2D eigenvalue weighted by Crippen LogP contribution is -2.01. The summed E-state index contributed by atoms with van der Waals surface area (Å²) in [5.74, 6) is -0.646. The van der Waals surface area contributed by atoms with Gasteiger partial charge in [-0.15, -0.1) is 0 Å². The fraction of sp³-hybridized carbons (Fsp3) is 0.133. The van der Waals surface area contributed by atoms with Crippen molar-refractivity contribution in [2.24, 2.45) is 0 Å². The molecule has 0 heterocycles. The summed E-state index contributed by atoms with van der Waals surface area (Å²) in [6.07, 6.45) is 0. The van der Waals surface area contributed by atoms with Gasteiger partial charge in [0.05, 0.1) is 12.7 Å². The zero-order valence-electron chi connectivity index (χ0n) is 10.2. The molecular weight excluding hydrogens is 231 g/mol. The first kappa shape index (κ1) is 12.3. The standard InChI is InChI=1S/C15H13FO2/c1-10-8-12(15(17)18-2)6-7-14(10)11-4-3-5-13(16)9-11/h3-9H,1-2H3. The van der Waals surface area contributed by atoms with Crippen molar-refractivity contribution >= 4 is 5.97 Å². The molecule has 0 unspecified atom stereocenters. The summed E-state index contributed by atoms with van der Waals surface area (Å²) in [5, 5.41) is 0. The van der Waals surface area contributed by atoms with Crippen LogP contribution < -0.4 is 0 Å². The highest BCUT2D eigenvalue weighted by molar-refractivity contribution is 5.90. The van der Waals surface area contributed by atoms with E-state index in [9.17, 15) is 9.18 Å². The SMILES string of the molecule is COC(=O)c1ccc(-c2cccc(F)c2)c(C)c1. The minimum atomic E-state index is -0.371. The number of hydrogen-bond donors (Lipinski definition) is 0. The molecule has 0 aliphatic heterocycles. The Hall–Kier alpha value is -2.16. The minimum absolute atomic E-state index is 0.274. The monoisotopic (exact) mass is 244 g/mol. The third-order valence-corrected chi connectivity index (χ3v) is 2.78. The zero-order chi connectivity index (χ0) is 13.1. The van der Waals surface area contributed by atoms with Crippen LogP contribution in [0.4, 0.5) is 4.39 Å². The van der Waals surface area contributed by atoms with Crippen LogP contribution in [-0.2, 0) is 4.74 Å². The van der Waals surface area contributed by atoms with E-state index in [0.717, 1.165) is 16.7 Å². The summed E-state index contributed by atoms with van der Waals surface area (Å²) < 4.78 is 17.8. The average Bonchev–Trinajstić information content (AvgIpc) is 2.37. The third kappa shape index (κ3) is 2.40. The fourth-order valence-electron chi connectivity index (χ4n) is 1.89. The van der Waals surface area contributed by atoms with Crippen LogP contribution in [0.3, 0.4) is 0 Å². The van der Waals surface area contributed by atoms with E-state index < -0.39 is 0 Å². The molecule has 2 rings (SSSR count). The van der Waals surface area contributed by atoms with Gasteiger partial charge in [-0.25, -0.2) is 9.18 Å². The Morgan fingerprint density at radius 3 is 2.56 bits per heavy atom. The van der Waals surface area contributed by atoms with Crippen LogP contribution in [0.5, 0.6) is 0 Å². The van der Waals surface area contributed by atoms with Crippen molar-refractivity contribution in [3.63, 3.8) is 0 Å². The number of benzene rings is 2. The van der Waals surface area contributed by atoms with Crippen LogP contribution in [0.15, 0.2) is 42.5 Å². The van der Waals surface area contributed by atoms with Crippen molar-refractivity contribution in [1.29, 1.82) is 0 Å². The quantitative estimate of drug-likeness (QED) is 0.755. The molecule has 0 aliphatic rings. The van der Waals surface area contributed by atoms with Crippen molar-refractivity contribution < 1.29 is 13.9 Å². The number of carbonyl (C=O) groups excluding carboxylic acids is 1. The highest BCUT2D eigenvalue weighted by Crippen LogP contribution is 2.25. The zero-order valence-corrected chi connectivity index (χ0v) is 10.2. The molecule has 0 bridgehead atoms. The van der Waals surface area contributed by atoms with E-state index in [-0.39, 0.29) is 11.8 Å². The van der Waals surface area contributed by atoms with E-state index in [1.165, 1.54) is 19.2 Å². The maximum atomic E-state index is 13.2. The van der Waals surface area contributed by atoms with E-state index in [0.29, 0.717) is 5.56 Å². The molecule has 0 saturated carbocycles. The predicted octanol–water partition coefficient (Wildman–Crippen LogP) is 3.59. The Kier molecular flexibility index (Phi) is 3.42. The molecule has 0 radical (unpaired) electrons. The van der Waals surface area contributed by atoms with Crippen molar-refractivity contribution in [2.75, 3.05) is 7.11 Å². The van der Waals surface area contributed by atoms with Crippen molar-refractivity contribution in [2.45, 2.75) is 6.92 Å². The Morgan fingerprint density at radius 1 is 1.17 bits per heavy atom. The van der Waals surface area contributed by atoms with E-state index >= 15 is 0 Å². The summed E-state index contributed by atoms with van der Waals surface area (Å²) in [6.45, 7) is 1.88. The number of ether oxygens (including phenoxy) is 1. The van der Waals surface area contributed by atoms with Crippen LogP contribution in [0.1, 0.15) is 15.9 Å². The first-order valence-corrected chi connectivity index (χ1v) is 5.56. The average molecular weight is 244 g/mol. The van der Waals surface area contributed by atoms with Crippen molar-refractivity contribution in [3.8, 4) is 11.1 Å². The van der Waals surface area contributed by atoms with Gasteiger partial charge in [0, 0.05) is 0 Å². The van der Waals surface area contributed by atoms with E-state index in [1.807, 2.05) is 13.0 Å². The number of rotatable bonds is 2. The lowest BCUT2D eigenvalue weighted by molar-refractivity contribution is 0.0600. The largest absolute Gasteiger partial charge is 0.465 e. The molecule has 92 valence electrons. The van der Waals surface area contributed by atoms with E-state index in [1.54, 1.807) is 24.3 Å². The van der Waals surface area contributed by atoms with Gasteiger partial charge >= 0.3 is 5.97 Å². The summed E-state index contributed by atoms with van der Waals surface area (Å²) >= 11 is 0. The number of esters is 1. The van der Waals surface area contributed by atoms with Crippen LogP contribution in [0.2, 0.25) is 0 Å². The summed E-state index contributed by atoms with van der Waals surface area (Å²) in [4.78, 5) is 11.4. The predicted molar refractivity (Wildman–Crippen MR) is 67.9 cm³/mol. The normalized spacial score (nSPS) is 10.2.